The molecule has 1 amide bonds. The van der Waals surface area contributed by atoms with Gasteiger partial charge in [0.05, 0.1) is 36.8 Å². The van der Waals surface area contributed by atoms with Crippen LogP contribution in [0, 0.1) is 5.92 Å². The highest BCUT2D eigenvalue weighted by molar-refractivity contribution is 7.89. The molecule has 1 heterocycles. The van der Waals surface area contributed by atoms with Crippen molar-refractivity contribution in [2.24, 2.45) is 5.92 Å². The molecule has 1 N–H and O–H groups in total. The second kappa shape index (κ2) is 10.9. The second-order valence-electron chi connectivity index (χ2n) is 7.82. The molecule has 0 radical (unpaired) electrons. The summed E-state index contributed by atoms with van der Waals surface area (Å²) < 4.78 is 38.3. The number of morpholine rings is 1. The summed E-state index contributed by atoms with van der Waals surface area (Å²) in [5.41, 5.74) is 1.22. The number of hydrogen-bond donors (Lipinski definition) is 1. The SMILES string of the molecule is CCC(CC)[C@H](NC(=O)c1cc(S(=O)(=O)N2CCOCC2)ccc1OC)c1ccccc1. The molecule has 2 aromatic carbocycles. The number of nitrogens with zero attached hydrogens (tertiary/aromatic N) is 1. The van der Waals surface area contributed by atoms with Crippen LogP contribution in [0.2, 0.25) is 0 Å². The molecule has 8 heteroatoms. The highest BCUT2D eigenvalue weighted by Gasteiger charge is 2.29. The van der Waals surface area contributed by atoms with E-state index in [1.54, 1.807) is 0 Å². The monoisotopic (exact) mass is 460 g/mol. The molecule has 1 aliphatic rings. The van der Waals surface area contributed by atoms with Gasteiger partial charge in [0, 0.05) is 13.1 Å². The summed E-state index contributed by atoms with van der Waals surface area (Å²) in [5, 5.41) is 3.14. The molecule has 0 aromatic heterocycles. The Hall–Kier alpha value is -2.42. The topological polar surface area (TPSA) is 84.9 Å². The van der Waals surface area contributed by atoms with Crippen molar-refractivity contribution >= 4 is 15.9 Å². The van der Waals surface area contributed by atoms with Crippen molar-refractivity contribution in [3.63, 3.8) is 0 Å². The van der Waals surface area contributed by atoms with Crippen LogP contribution >= 0.6 is 0 Å². The van der Waals surface area contributed by atoms with Crippen LogP contribution in [-0.4, -0.2) is 52.0 Å². The van der Waals surface area contributed by atoms with Gasteiger partial charge in [0.1, 0.15) is 5.75 Å². The normalized spacial score (nSPS) is 16.0. The van der Waals surface area contributed by atoms with Gasteiger partial charge in [-0.2, -0.15) is 4.31 Å². The summed E-state index contributed by atoms with van der Waals surface area (Å²) >= 11 is 0. The Balaban J connectivity index is 1.94. The van der Waals surface area contributed by atoms with Crippen LogP contribution < -0.4 is 10.1 Å². The lowest BCUT2D eigenvalue weighted by atomic mass is 9.88. The van der Waals surface area contributed by atoms with Crippen molar-refractivity contribution in [2.45, 2.75) is 37.6 Å². The summed E-state index contributed by atoms with van der Waals surface area (Å²) in [6.07, 6.45) is 1.80. The fraction of sp³-hybridized carbons (Fsp3) is 0.458. The Morgan fingerprint density at radius 2 is 1.75 bits per heavy atom. The van der Waals surface area contributed by atoms with E-state index in [0.29, 0.717) is 32.1 Å². The van der Waals surface area contributed by atoms with Gasteiger partial charge in [-0.3, -0.25) is 4.79 Å². The largest absolute Gasteiger partial charge is 0.496 e. The van der Waals surface area contributed by atoms with Crippen molar-refractivity contribution in [3.05, 3.63) is 59.7 Å². The summed E-state index contributed by atoms with van der Waals surface area (Å²) in [7, 11) is -2.26. The summed E-state index contributed by atoms with van der Waals surface area (Å²) in [5.74, 6) is 0.217. The lowest BCUT2D eigenvalue weighted by Crippen LogP contribution is -2.40. The number of hydrogen-bond acceptors (Lipinski definition) is 5. The van der Waals surface area contributed by atoms with Crippen molar-refractivity contribution in [2.75, 3.05) is 33.4 Å². The molecule has 1 atom stereocenters. The van der Waals surface area contributed by atoms with Gasteiger partial charge in [-0.15, -0.1) is 0 Å². The Morgan fingerprint density at radius 1 is 1.09 bits per heavy atom. The molecule has 3 rings (SSSR count). The molecule has 174 valence electrons. The van der Waals surface area contributed by atoms with E-state index in [4.69, 9.17) is 9.47 Å². The number of benzene rings is 2. The Labute approximate surface area is 190 Å². The van der Waals surface area contributed by atoms with Gasteiger partial charge >= 0.3 is 0 Å². The molecule has 0 spiro atoms. The zero-order valence-electron chi connectivity index (χ0n) is 18.9. The van der Waals surface area contributed by atoms with Gasteiger partial charge in [-0.05, 0) is 29.7 Å². The van der Waals surface area contributed by atoms with Crippen LogP contribution in [0.15, 0.2) is 53.4 Å². The summed E-state index contributed by atoms with van der Waals surface area (Å²) in [6.45, 7) is 5.51. The molecule has 2 aromatic rings. The molecular formula is C24H32N2O5S. The van der Waals surface area contributed by atoms with Crippen LogP contribution in [-0.2, 0) is 14.8 Å². The average molecular weight is 461 g/mol. The molecule has 1 saturated heterocycles. The van der Waals surface area contributed by atoms with Crippen LogP contribution in [0.5, 0.6) is 5.75 Å². The molecule has 0 unspecified atom stereocenters. The number of rotatable bonds is 9. The van der Waals surface area contributed by atoms with Crippen molar-refractivity contribution < 1.29 is 22.7 Å². The number of ether oxygens (including phenoxy) is 2. The second-order valence-corrected chi connectivity index (χ2v) is 9.75. The number of methoxy groups -OCH3 is 1. The minimum Gasteiger partial charge on any atom is -0.496 e. The number of carbonyl (C=O) groups is 1. The molecule has 0 saturated carbocycles. The fourth-order valence-electron chi connectivity index (χ4n) is 4.07. The van der Waals surface area contributed by atoms with Crippen molar-refractivity contribution in [1.82, 2.24) is 9.62 Å². The minimum atomic E-state index is -3.73. The molecule has 32 heavy (non-hydrogen) atoms. The van der Waals surface area contributed by atoms with Gasteiger partial charge in [-0.25, -0.2) is 8.42 Å². The van der Waals surface area contributed by atoms with E-state index < -0.39 is 10.0 Å². The van der Waals surface area contributed by atoms with E-state index in [0.717, 1.165) is 18.4 Å². The van der Waals surface area contributed by atoms with E-state index in [9.17, 15) is 13.2 Å². The van der Waals surface area contributed by atoms with E-state index in [1.807, 2.05) is 30.3 Å². The van der Waals surface area contributed by atoms with Gasteiger partial charge in [0.15, 0.2) is 0 Å². The third kappa shape index (κ3) is 5.31. The first-order chi connectivity index (χ1) is 15.4. The number of carbonyl (C=O) groups excluding carboxylic acids is 1. The van der Waals surface area contributed by atoms with Crippen molar-refractivity contribution in [3.8, 4) is 5.75 Å². The highest BCUT2D eigenvalue weighted by atomic mass is 32.2. The Morgan fingerprint density at radius 3 is 2.34 bits per heavy atom. The fourth-order valence-corrected chi connectivity index (χ4v) is 5.51. The lowest BCUT2D eigenvalue weighted by Gasteiger charge is -2.28. The molecule has 0 aliphatic carbocycles. The molecule has 0 bridgehead atoms. The maximum Gasteiger partial charge on any atom is 0.255 e. The van der Waals surface area contributed by atoms with Crippen LogP contribution in [0.1, 0.15) is 48.7 Å². The zero-order chi connectivity index (χ0) is 23.1. The van der Waals surface area contributed by atoms with E-state index in [-0.39, 0.29) is 28.3 Å². The number of sulfonamides is 1. The van der Waals surface area contributed by atoms with E-state index in [1.165, 1.54) is 29.6 Å². The standard InChI is InChI=1S/C24H32N2O5S/c1-4-18(5-2)23(19-9-7-6-8-10-19)25-24(27)21-17-20(11-12-22(21)30-3)32(28,29)26-13-15-31-16-14-26/h6-12,17-18,23H,4-5,13-16H2,1-3H3,(H,25,27)/t23-/m0/s1. The Kier molecular flexibility index (Phi) is 8.28. The third-order valence-corrected chi connectivity index (χ3v) is 7.88. The number of amides is 1. The van der Waals surface area contributed by atoms with Crippen LogP contribution in [0.4, 0.5) is 0 Å². The maximum absolute atomic E-state index is 13.4. The molecular weight excluding hydrogens is 428 g/mol. The van der Waals surface area contributed by atoms with Gasteiger partial charge in [-0.1, -0.05) is 57.0 Å². The summed E-state index contributed by atoms with van der Waals surface area (Å²) in [4.78, 5) is 13.5. The molecule has 7 nitrogen and oxygen atoms in total. The Bertz CT molecular complexity index is 1000. The third-order valence-electron chi connectivity index (χ3n) is 5.99. The smallest absolute Gasteiger partial charge is 0.255 e. The highest BCUT2D eigenvalue weighted by Crippen LogP contribution is 2.30. The maximum atomic E-state index is 13.4. The van der Waals surface area contributed by atoms with Gasteiger partial charge in [0.25, 0.3) is 5.91 Å². The van der Waals surface area contributed by atoms with Crippen molar-refractivity contribution in [1.29, 1.82) is 0 Å². The molecule has 1 aliphatic heterocycles. The lowest BCUT2D eigenvalue weighted by molar-refractivity contribution is 0.0730. The minimum absolute atomic E-state index is 0.0733. The first-order valence-electron chi connectivity index (χ1n) is 11.0. The average Bonchev–Trinajstić information content (AvgIpc) is 2.84. The number of nitrogens with one attached hydrogen (secondary N) is 1. The van der Waals surface area contributed by atoms with Gasteiger partial charge in [0.2, 0.25) is 10.0 Å². The van der Waals surface area contributed by atoms with Gasteiger partial charge < -0.3 is 14.8 Å². The predicted molar refractivity (Wildman–Crippen MR) is 123 cm³/mol. The predicted octanol–water partition coefficient (Wildman–Crippen LogP) is 3.62. The van der Waals surface area contributed by atoms with E-state index in [2.05, 4.69) is 19.2 Å². The van der Waals surface area contributed by atoms with Crippen LogP contribution in [0.3, 0.4) is 0 Å². The quantitative estimate of drug-likeness (QED) is 0.618. The van der Waals surface area contributed by atoms with Crippen LogP contribution in [0.25, 0.3) is 0 Å². The molecule has 1 fully saturated rings. The first-order valence-corrected chi connectivity index (χ1v) is 12.5. The van der Waals surface area contributed by atoms with E-state index >= 15 is 0 Å². The summed E-state index contributed by atoms with van der Waals surface area (Å²) in [6, 6.07) is 14.1. The first kappa shape index (κ1) is 24.2. The zero-order valence-corrected chi connectivity index (χ0v) is 19.7.